The van der Waals surface area contributed by atoms with Gasteiger partial charge in [-0.1, -0.05) is 12.1 Å². The normalized spacial score (nSPS) is 11.6. The third-order valence-electron chi connectivity index (χ3n) is 7.96. The SMILES string of the molecule is c1ccc(-c2nc(-c3ccc4ccc5nc(-c6ccccc6)[se]c5c4c3)nc(-c3cccc4c3oc3ccccc34)n2)cc1. The van der Waals surface area contributed by atoms with Gasteiger partial charge in [-0.3, -0.25) is 0 Å². The summed E-state index contributed by atoms with van der Waals surface area (Å²) in [6.07, 6.45) is 0. The predicted molar refractivity (Wildman–Crippen MR) is 179 cm³/mol. The third-order valence-corrected chi connectivity index (χ3v) is 10.4. The van der Waals surface area contributed by atoms with Gasteiger partial charge in [-0.25, -0.2) is 0 Å². The van der Waals surface area contributed by atoms with E-state index >= 15 is 0 Å². The molecule has 3 aromatic heterocycles. The Morgan fingerprint density at radius 2 is 1.16 bits per heavy atom. The number of nitrogens with zero attached hydrogens (tertiary/aromatic N) is 4. The monoisotopic (exact) mass is 630 g/mol. The van der Waals surface area contributed by atoms with Gasteiger partial charge in [0.15, 0.2) is 0 Å². The second-order valence-electron chi connectivity index (χ2n) is 10.7. The van der Waals surface area contributed by atoms with E-state index in [4.69, 9.17) is 24.4 Å². The number of aromatic nitrogens is 4. The third kappa shape index (κ3) is 4.15. The van der Waals surface area contributed by atoms with E-state index in [1.807, 2.05) is 66.7 Å². The van der Waals surface area contributed by atoms with Gasteiger partial charge < -0.3 is 0 Å². The van der Waals surface area contributed by atoms with Crippen molar-refractivity contribution in [1.29, 1.82) is 0 Å². The van der Waals surface area contributed by atoms with Crippen molar-refractivity contribution in [3.8, 4) is 44.3 Å². The number of rotatable bonds is 4. The van der Waals surface area contributed by atoms with Gasteiger partial charge in [0.05, 0.1) is 0 Å². The number of fused-ring (bicyclic) bond motifs is 6. The van der Waals surface area contributed by atoms with Gasteiger partial charge in [-0.15, -0.1) is 0 Å². The summed E-state index contributed by atoms with van der Waals surface area (Å²) < 4.78 is 8.82. The van der Waals surface area contributed by atoms with Gasteiger partial charge in [0.2, 0.25) is 0 Å². The fourth-order valence-corrected chi connectivity index (χ4v) is 8.11. The van der Waals surface area contributed by atoms with Gasteiger partial charge in [-0.2, -0.15) is 0 Å². The Labute approximate surface area is 258 Å². The Hall–Kier alpha value is -5.42. The van der Waals surface area contributed by atoms with Crippen molar-refractivity contribution < 1.29 is 4.42 Å². The zero-order valence-corrected chi connectivity index (χ0v) is 25.0. The molecule has 0 bridgehead atoms. The van der Waals surface area contributed by atoms with Crippen LogP contribution in [0, 0.1) is 0 Å². The molecule has 206 valence electrons. The van der Waals surface area contributed by atoms with E-state index in [9.17, 15) is 0 Å². The Kier molecular flexibility index (Phi) is 5.76. The molecule has 6 aromatic carbocycles. The fraction of sp³-hybridized carbons (Fsp3) is 0. The zero-order valence-electron chi connectivity index (χ0n) is 23.3. The number of benzene rings is 6. The maximum atomic E-state index is 6.37. The molecule has 0 spiro atoms. The molecule has 0 saturated heterocycles. The summed E-state index contributed by atoms with van der Waals surface area (Å²) in [5.41, 5.74) is 6.55. The molecule has 5 nitrogen and oxygen atoms in total. The molecule has 9 aromatic rings. The van der Waals surface area contributed by atoms with Crippen molar-refractivity contribution in [1.82, 2.24) is 19.9 Å². The van der Waals surface area contributed by atoms with Gasteiger partial charge in [0.1, 0.15) is 0 Å². The molecule has 0 N–H and O–H groups in total. The minimum atomic E-state index is 0.0885. The van der Waals surface area contributed by atoms with Crippen LogP contribution >= 0.6 is 0 Å². The van der Waals surface area contributed by atoms with Crippen molar-refractivity contribution in [2.75, 3.05) is 0 Å². The first-order valence-corrected chi connectivity index (χ1v) is 16.1. The van der Waals surface area contributed by atoms with Crippen LogP contribution in [0.1, 0.15) is 0 Å². The van der Waals surface area contributed by atoms with Crippen LogP contribution in [0.3, 0.4) is 0 Å². The second kappa shape index (κ2) is 10.1. The molecule has 0 amide bonds. The topological polar surface area (TPSA) is 64.7 Å². The van der Waals surface area contributed by atoms with Crippen molar-refractivity contribution in [3.05, 3.63) is 133 Å². The van der Waals surface area contributed by atoms with Crippen molar-refractivity contribution in [3.63, 3.8) is 0 Å². The van der Waals surface area contributed by atoms with Gasteiger partial charge in [-0.05, 0) is 0 Å². The van der Waals surface area contributed by atoms with Crippen molar-refractivity contribution in [2.24, 2.45) is 0 Å². The van der Waals surface area contributed by atoms with Crippen molar-refractivity contribution >= 4 is 57.0 Å². The summed E-state index contributed by atoms with van der Waals surface area (Å²) in [6.45, 7) is 0. The number of hydrogen-bond donors (Lipinski definition) is 0. The Bertz CT molecular complexity index is 2500. The number of hydrogen-bond acceptors (Lipinski definition) is 5. The molecular weight excluding hydrogens is 607 g/mol. The first kappa shape index (κ1) is 25.1. The minimum absolute atomic E-state index is 0.0885. The first-order chi connectivity index (χ1) is 21.8. The fourth-order valence-electron chi connectivity index (χ4n) is 5.81. The molecule has 0 aliphatic rings. The molecule has 6 heteroatoms. The summed E-state index contributed by atoms with van der Waals surface area (Å²) in [5.74, 6) is 1.82. The Balaban J connectivity index is 1.26. The quantitative estimate of drug-likeness (QED) is 0.182. The summed E-state index contributed by atoms with van der Waals surface area (Å²) >= 11 is 0.0885. The van der Waals surface area contributed by atoms with Crippen LogP contribution in [0.4, 0.5) is 0 Å². The van der Waals surface area contributed by atoms with E-state index in [-0.39, 0.29) is 14.5 Å². The molecule has 0 radical (unpaired) electrons. The molecule has 9 rings (SSSR count). The molecular formula is C38H22N4OSe. The number of furan rings is 1. The van der Waals surface area contributed by atoms with Gasteiger partial charge >= 0.3 is 247 Å². The average Bonchev–Trinajstić information content (AvgIpc) is 3.71. The molecule has 44 heavy (non-hydrogen) atoms. The van der Waals surface area contributed by atoms with Crippen LogP contribution in [-0.4, -0.2) is 34.4 Å². The van der Waals surface area contributed by atoms with Crippen LogP contribution < -0.4 is 0 Å². The molecule has 0 fully saturated rings. The predicted octanol–water partition coefficient (Wildman–Crippen LogP) is 9.20. The summed E-state index contributed by atoms with van der Waals surface area (Å²) in [6, 6.07) is 45.6. The Morgan fingerprint density at radius 3 is 2.00 bits per heavy atom. The zero-order chi connectivity index (χ0) is 29.0. The van der Waals surface area contributed by atoms with E-state index in [1.165, 1.54) is 20.6 Å². The number of para-hydroxylation sites is 2. The van der Waals surface area contributed by atoms with Crippen LogP contribution in [-0.2, 0) is 0 Å². The molecule has 0 aliphatic heterocycles. The van der Waals surface area contributed by atoms with Crippen LogP contribution in [0.15, 0.2) is 138 Å². The van der Waals surface area contributed by atoms with E-state index in [0.29, 0.717) is 17.5 Å². The van der Waals surface area contributed by atoms with Gasteiger partial charge in [0, 0.05) is 0 Å². The first-order valence-electron chi connectivity index (χ1n) is 14.4. The summed E-state index contributed by atoms with van der Waals surface area (Å²) in [7, 11) is 0. The van der Waals surface area contributed by atoms with E-state index < -0.39 is 0 Å². The standard InChI is InChI=1S/C38H22N4OSe/c1-3-10-24(11-4-1)35-40-36(42-37(41-35)29-16-9-15-28-27-14-7-8-17-32(27)43-33(28)29)26-19-18-23-20-21-31-34(30(23)22-26)44-38(39-31)25-12-5-2-6-13-25/h1-22H. The molecule has 0 unspecified atom stereocenters. The van der Waals surface area contributed by atoms with Crippen LogP contribution in [0.5, 0.6) is 0 Å². The Morgan fingerprint density at radius 1 is 0.477 bits per heavy atom. The van der Waals surface area contributed by atoms with E-state index in [1.54, 1.807) is 0 Å². The molecule has 0 saturated carbocycles. The maximum absolute atomic E-state index is 6.37. The van der Waals surface area contributed by atoms with E-state index in [2.05, 4.69) is 66.7 Å². The van der Waals surface area contributed by atoms with E-state index in [0.717, 1.165) is 48.7 Å². The summed E-state index contributed by atoms with van der Waals surface area (Å²) in [5, 5.41) is 4.49. The van der Waals surface area contributed by atoms with Crippen molar-refractivity contribution in [2.45, 2.75) is 0 Å². The van der Waals surface area contributed by atoms with Gasteiger partial charge in [0.25, 0.3) is 0 Å². The molecule has 3 heterocycles. The average molecular weight is 630 g/mol. The van der Waals surface area contributed by atoms with Crippen LogP contribution in [0.2, 0.25) is 0 Å². The van der Waals surface area contributed by atoms with Crippen LogP contribution in [0.25, 0.3) is 86.8 Å². The molecule has 0 aliphatic carbocycles. The summed E-state index contributed by atoms with van der Waals surface area (Å²) in [4.78, 5) is 20.1. The second-order valence-corrected chi connectivity index (χ2v) is 12.8. The molecule has 0 atom stereocenters.